The quantitative estimate of drug-likeness (QED) is 0.488. The highest BCUT2D eigenvalue weighted by Crippen LogP contribution is 2.11. The summed E-state index contributed by atoms with van der Waals surface area (Å²) in [5, 5.41) is 11.3. The summed E-state index contributed by atoms with van der Waals surface area (Å²) in [5.41, 5.74) is 7.05. The molecular formula is C14H20N4O. The number of hydrogen-bond donors (Lipinski definition) is 2. The van der Waals surface area contributed by atoms with Crippen molar-refractivity contribution in [2.45, 2.75) is 18.9 Å². The molecule has 1 atom stereocenters. The number of benzene rings is 1. The number of nitrogens with two attached hydrogens (primary N) is 1. The van der Waals surface area contributed by atoms with Crippen LogP contribution in [0.3, 0.4) is 0 Å². The Balaban J connectivity index is 1.86. The molecule has 0 radical (unpaired) electrons. The highest BCUT2D eigenvalue weighted by molar-refractivity contribution is 5.95. The van der Waals surface area contributed by atoms with E-state index in [0.29, 0.717) is 5.56 Å². The van der Waals surface area contributed by atoms with Gasteiger partial charge >= 0.3 is 0 Å². The van der Waals surface area contributed by atoms with E-state index in [0.717, 1.165) is 31.5 Å². The van der Waals surface area contributed by atoms with E-state index in [1.54, 1.807) is 18.3 Å². The number of amidine groups is 1. The first-order valence-corrected chi connectivity index (χ1v) is 6.47. The third-order valence-electron chi connectivity index (χ3n) is 3.21. The summed E-state index contributed by atoms with van der Waals surface area (Å²) in [6.45, 7) is 2.07. The predicted octanol–water partition coefficient (Wildman–Crippen LogP) is 1.42. The van der Waals surface area contributed by atoms with Crippen LogP contribution in [0.4, 0.5) is 0 Å². The molecule has 0 aliphatic carbocycles. The summed E-state index contributed by atoms with van der Waals surface area (Å²) < 4.78 is 0. The van der Waals surface area contributed by atoms with Crippen LogP contribution in [0.2, 0.25) is 0 Å². The van der Waals surface area contributed by atoms with Crippen molar-refractivity contribution in [3.05, 3.63) is 35.4 Å². The molecule has 1 aliphatic rings. The van der Waals surface area contributed by atoms with E-state index in [4.69, 9.17) is 16.0 Å². The summed E-state index contributed by atoms with van der Waals surface area (Å²) in [5.74, 6) is 0.0741. The Kier molecular flexibility index (Phi) is 4.52. The SMILES string of the molecule is CN1CCC[C@@H](O/N=C/c2ccc(C(=N)N)cc2)C1. The van der Waals surface area contributed by atoms with Crippen molar-refractivity contribution in [3.8, 4) is 0 Å². The fraction of sp³-hybridized carbons (Fsp3) is 0.429. The van der Waals surface area contributed by atoms with Gasteiger partial charge in [-0.05, 0) is 32.0 Å². The lowest BCUT2D eigenvalue weighted by Gasteiger charge is -2.27. The van der Waals surface area contributed by atoms with Crippen LogP contribution in [0.5, 0.6) is 0 Å². The minimum absolute atomic E-state index is 0.0741. The molecule has 0 bridgehead atoms. The molecule has 5 nitrogen and oxygen atoms in total. The van der Waals surface area contributed by atoms with E-state index in [2.05, 4.69) is 17.1 Å². The van der Waals surface area contributed by atoms with E-state index in [-0.39, 0.29) is 11.9 Å². The summed E-state index contributed by atoms with van der Waals surface area (Å²) in [6.07, 6.45) is 4.10. The van der Waals surface area contributed by atoms with Crippen molar-refractivity contribution in [2.75, 3.05) is 20.1 Å². The van der Waals surface area contributed by atoms with Gasteiger partial charge in [-0.25, -0.2) is 0 Å². The Hall–Kier alpha value is -1.88. The monoisotopic (exact) mass is 260 g/mol. The van der Waals surface area contributed by atoms with Crippen molar-refractivity contribution in [1.29, 1.82) is 5.41 Å². The Bertz CT molecular complexity index is 455. The van der Waals surface area contributed by atoms with E-state index in [1.807, 2.05) is 12.1 Å². The lowest BCUT2D eigenvalue weighted by molar-refractivity contribution is 0.0107. The lowest BCUT2D eigenvalue weighted by Crippen LogP contribution is -2.36. The van der Waals surface area contributed by atoms with Gasteiger partial charge < -0.3 is 15.5 Å². The fourth-order valence-corrected chi connectivity index (χ4v) is 2.13. The van der Waals surface area contributed by atoms with Crippen molar-refractivity contribution >= 4 is 12.1 Å². The maximum Gasteiger partial charge on any atom is 0.140 e. The van der Waals surface area contributed by atoms with Crippen LogP contribution < -0.4 is 5.73 Å². The number of nitrogens with one attached hydrogen (secondary N) is 1. The van der Waals surface area contributed by atoms with E-state index in [9.17, 15) is 0 Å². The van der Waals surface area contributed by atoms with E-state index >= 15 is 0 Å². The first-order valence-electron chi connectivity index (χ1n) is 6.47. The molecule has 1 heterocycles. The van der Waals surface area contributed by atoms with E-state index in [1.165, 1.54) is 0 Å². The normalized spacial score (nSPS) is 20.6. The average molecular weight is 260 g/mol. The summed E-state index contributed by atoms with van der Waals surface area (Å²) in [7, 11) is 2.10. The van der Waals surface area contributed by atoms with Crippen LogP contribution in [0.25, 0.3) is 0 Å². The van der Waals surface area contributed by atoms with Crippen molar-refractivity contribution in [2.24, 2.45) is 10.9 Å². The molecule has 0 saturated carbocycles. The Morgan fingerprint density at radius 3 is 2.84 bits per heavy atom. The second kappa shape index (κ2) is 6.33. The van der Waals surface area contributed by atoms with Crippen LogP contribution in [0.1, 0.15) is 24.0 Å². The van der Waals surface area contributed by atoms with Crippen LogP contribution >= 0.6 is 0 Å². The zero-order valence-electron chi connectivity index (χ0n) is 11.2. The number of likely N-dealkylation sites (N-methyl/N-ethyl adjacent to an activating group) is 1. The Morgan fingerprint density at radius 2 is 2.21 bits per heavy atom. The molecule has 0 spiro atoms. The van der Waals surface area contributed by atoms with Gasteiger partial charge in [0, 0.05) is 12.1 Å². The molecule has 1 aromatic rings. The molecule has 0 aromatic heterocycles. The number of hydrogen-bond acceptors (Lipinski definition) is 4. The van der Waals surface area contributed by atoms with Gasteiger partial charge in [-0.15, -0.1) is 0 Å². The van der Waals surface area contributed by atoms with Gasteiger partial charge in [-0.3, -0.25) is 5.41 Å². The minimum atomic E-state index is 0.0741. The summed E-state index contributed by atoms with van der Waals surface area (Å²) >= 11 is 0. The van der Waals surface area contributed by atoms with Crippen LogP contribution in [0, 0.1) is 5.41 Å². The van der Waals surface area contributed by atoms with Crippen molar-refractivity contribution in [3.63, 3.8) is 0 Å². The first-order chi connectivity index (χ1) is 9.15. The second-order valence-corrected chi connectivity index (χ2v) is 4.90. The number of oxime groups is 1. The van der Waals surface area contributed by atoms with Gasteiger partial charge in [0.25, 0.3) is 0 Å². The molecule has 19 heavy (non-hydrogen) atoms. The summed E-state index contributed by atoms with van der Waals surface area (Å²) in [4.78, 5) is 7.75. The van der Waals surface area contributed by atoms with Gasteiger partial charge in [0.15, 0.2) is 0 Å². The van der Waals surface area contributed by atoms with Crippen LogP contribution in [-0.4, -0.2) is 43.2 Å². The van der Waals surface area contributed by atoms with Crippen LogP contribution in [0.15, 0.2) is 29.4 Å². The highest BCUT2D eigenvalue weighted by atomic mass is 16.6. The predicted molar refractivity (Wildman–Crippen MR) is 76.7 cm³/mol. The zero-order chi connectivity index (χ0) is 13.7. The molecular weight excluding hydrogens is 240 g/mol. The van der Waals surface area contributed by atoms with Crippen molar-refractivity contribution < 1.29 is 4.84 Å². The number of likely N-dealkylation sites (tertiary alicyclic amines) is 1. The number of piperidine rings is 1. The van der Waals surface area contributed by atoms with Crippen LogP contribution in [-0.2, 0) is 4.84 Å². The topological polar surface area (TPSA) is 74.7 Å². The summed E-state index contributed by atoms with van der Waals surface area (Å²) in [6, 6.07) is 7.35. The Labute approximate surface area is 113 Å². The average Bonchev–Trinajstić information content (AvgIpc) is 2.39. The molecule has 0 unspecified atom stereocenters. The Morgan fingerprint density at radius 1 is 1.47 bits per heavy atom. The molecule has 1 aromatic carbocycles. The highest BCUT2D eigenvalue weighted by Gasteiger charge is 2.17. The maximum atomic E-state index is 7.31. The smallest absolute Gasteiger partial charge is 0.140 e. The number of nitrogen functional groups attached to an aromatic ring is 1. The van der Waals surface area contributed by atoms with Gasteiger partial charge in [-0.2, -0.15) is 0 Å². The lowest BCUT2D eigenvalue weighted by atomic mass is 10.1. The number of rotatable bonds is 4. The zero-order valence-corrected chi connectivity index (χ0v) is 11.2. The number of nitrogens with zero attached hydrogens (tertiary/aromatic N) is 2. The molecule has 0 amide bonds. The molecule has 2 rings (SSSR count). The molecule has 3 N–H and O–H groups in total. The van der Waals surface area contributed by atoms with Crippen molar-refractivity contribution in [1.82, 2.24) is 4.90 Å². The van der Waals surface area contributed by atoms with E-state index < -0.39 is 0 Å². The fourth-order valence-electron chi connectivity index (χ4n) is 2.13. The molecule has 1 saturated heterocycles. The molecule has 5 heteroatoms. The standard InChI is InChI=1S/C14H20N4O/c1-18-8-2-3-13(10-18)19-17-9-11-4-6-12(7-5-11)14(15)16/h4-7,9,13H,2-3,8,10H2,1H3,(H3,15,16)/b17-9+/t13-/m1/s1. The van der Waals surface area contributed by atoms with Gasteiger partial charge in [0.2, 0.25) is 0 Å². The third-order valence-corrected chi connectivity index (χ3v) is 3.21. The third kappa shape index (κ3) is 4.06. The second-order valence-electron chi connectivity index (χ2n) is 4.90. The van der Waals surface area contributed by atoms with Gasteiger partial charge in [-0.1, -0.05) is 29.4 Å². The molecule has 1 fully saturated rings. The van der Waals surface area contributed by atoms with Gasteiger partial charge in [0.05, 0.1) is 6.21 Å². The first kappa shape index (κ1) is 13.5. The van der Waals surface area contributed by atoms with Gasteiger partial charge in [0.1, 0.15) is 11.9 Å². The maximum absolute atomic E-state index is 7.31. The molecule has 102 valence electrons. The molecule has 1 aliphatic heterocycles. The largest absolute Gasteiger partial charge is 0.391 e. The minimum Gasteiger partial charge on any atom is -0.391 e.